The number of thioether (sulfide) groups is 1. The van der Waals surface area contributed by atoms with Gasteiger partial charge in [0.2, 0.25) is 0 Å². The van der Waals surface area contributed by atoms with E-state index < -0.39 is 0 Å². The number of hydrogen-bond acceptors (Lipinski definition) is 5. The van der Waals surface area contributed by atoms with E-state index in [1.807, 2.05) is 6.92 Å². The van der Waals surface area contributed by atoms with Crippen LogP contribution in [0.1, 0.15) is 12.7 Å². The monoisotopic (exact) mass is 292 g/mol. The molecule has 0 fully saturated rings. The van der Waals surface area contributed by atoms with Crippen molar-refractivity contribution in [2.45, 2.75) is 18.4 Å². The first kappa shape index (κ1) is 14.5. The molecule has 20 heavy (non-hydrogen) atoms. The molecule has 0 saturated carbocycles. The predicted molar refractivity (Wildman–Crippen MR) is 80.3 cm³/mol. The van der Waals surface area contributed by atoms with Gasteiger partial charge in [-0.1, -0.05) is 13.0 Å². The molecule has 0 unspecified atom stereocenters. The number of hydrogen-bond donors (Lipinski definition) is 0. The summed E-state index contributed by atoms with van der Waals surface area (Å²) in [6.45, 7) is 5.60. The molecule has 0 aliphatic carbocycles. The van der Waals surface area contributed by atoms with Crippen molar-refractivity contribution in [3.05, 3.63) is 39.3 Å². The highest BCUT2D eigenvalue weighted by Gasteiger charge is 2.16. The van der Waals surface area contributed by atoms with Crippen molar-refractivity contribution in [1.82, 2.24) is 19.1 Å². The number of fused-ring (bicyclic) bond motifs is 1. The van der Waals surface area contributed by atoms with Crippen LogP contribution in [0.15, 0.2) is 27.3 Å². The first-order valence-electron chi connectivity index (χ1n) is 6.21. The number of aromatic nitrogens is 4. The van der Waals surface area contributed by atoms with Crippen LogP contribution in [0.3, 0.4) is 0 Å². The molecule has 0 N–H and O–H groups in total. The van der Waals surface area contributed by atoms with Crippen molar-refractivity contribution in [2.75, 3.05) is 5.75 Å². The second-order valence-electron chi connectivity index (χ2n) is 4.30. The molecule has 0 aliphatic heterocycles. The van der Waals surface area contributed by atoms with Gasteiger partial charge in [0.05, 0.1) is 0 Å². The van der Waals surface area contributed by atoms with Crippen LogP contribution >= 0.6 is 11.8 Å². The molecular weight excluding hydrogens is 276 g/mol. The Morgan fingerprint density at radius 1 is 1.25 bits per heavy atom. The van der Waals surface area contributed by atoms with E-state index >= 15 is 0 Å². The second-order valence-corrected chi connectivity index (χ2v) is 5.31. The van der Waals surface area contributed by atoms with Crippen LogP contribution in [0.5, 0.6) is 0 Å². The Hall–Kier alpha value is -1.89. The van der Waals surface area contributed by atoms with E-state index in [0.717, 1.165) is 4.57 Å². The fourth-order valence-electron chi connectivity index (χ4n) is 1.87. The van der Waals surface area contributed by atoms with Crippen LogP contribution in [0.25, 0.3) is 11.0 Å². The van der Waals surface area contributed by atoms with Gasteiger partial charge in [-0.3, -0.25) is 13.9 Å². The van der Waals surface area contributed by atoms with Crippen molar-refractivity contribution in [3.8, 4) is 0 Å². The molecule has 106 valence electrons. The van der Waals surface area contributed by atoms with E-state index in [0.29, 0.717) is 34.1 Å². The van der Waals surface area contributed by atoms with Crippen LogP contribution in [-0.4, -0.2) is 24.9 Å². The lowest BCUT2D eigenvalue weighted by atomic mass is 10.3. The summed E-state index contributed by atoms with van der Waals surface area (Å²) in [5, 5.41) is 0.988. The minimum atomic E-state index is -0.386. The summed E-state index contributed by atoms with van der Waals surface area (Å²) in [5.41, 5.74) is -0.364. The Bertz CT molecular complexity index is 792. The summed E-state index contributed by atoms with van der Waals surface area (Å²) in [6, 6.07) is 0. The molecule has 0 aliphatic rings. The zero-order valence-corrected chi connectivity index (χ0v) is 12.5. The lowest BCUT2D eigenvalue weighted by molar-refractivity contribution is 0.698. The van der Waals surface area contributed by atoms with Crippen molar-refractivity contribution in [2.24, 2.45) is 14.1 Å². The van der Waals surface area contributed by atoms with Gasteiger partial charge in [0.15, 0.2) is 5.65 Å². The van der Waals surface area contributed by atoms with Gasteiger partial charge in [-0.25, -0.2) is 14.8 Å². The third-order valence-corrected chi connectivity index (χ3v) is 3.94. The minimum Gasteiger partial charge on any atom is -0.280 e. The Morgan fingerprint density at radius 3 is 2.55 bits per heavy atom. The van der Waals surface area contributed by atoms with Gasteiger partial charge in [0.25, 0.3) is 5.56 Å². The summed E-state index contributed by atoms with van der Waals surface area (Å²) in [6.07, 6.45) is 2.39. The van der Waals surface area contributed by atoms with Gasteiger partial charge in [0, 0.05) is 26.3 Å². The summed E-state index contributed by atoms with van der Waals surface area (Å²) >= 11 is 1.42. The van der Waals surface area contributed by atoms with Gasteiger partial charge in [0.1, 0.15) is 16.2 Å². The highest BCUT2D eigenvalue weighted by atomic mass is 32.2. The summed E-state index contributed by atoms with van der Waals surface area (Å²) < 4.78 is 2.46. The predicted octanol–water partition coefficient (Wildman–Crippen LogP) is 0.868. The maximum Gasteiger partial charge on any atom is 0.332 e. The zero-order chi connectivity index (χ0) is 14.9. The Balaban J connectivity index is 2.93. The molecule has 0 spiro atoms. The van der Waals surface area contributed by atoms with Crippen LogP contribution in [-0.2, 0) is 20.5 Å². The molecule has 0 atom stereocenters. The van der Waals surface area contributed by atoms with Gasteiger partial charge in [-0.15, -0.1) is 18.3 Å². The SMILES string of the molecule is C=CCSc1nc(CC)nc2c1c(=O)n(C)c(=O)n2C. The van der Waals surface area contributed by atoms with E-state index in [2.05, 4.69) is 16.5 Å². The molecule has 0 amide bonds. The van der Waals surface area contributed by atoms with Crippen LogP contribution in [0, 0.1) is 0 Å². The van der Waals surface area contributed by atoms with Gasteiger partial charge < -0.3 is 0 Å². The summed E-state index contributed by atoms with van der Waals surface area (Å²) in [5.74, 6) is 1.26. The lowest BCUT2D eigenvalue weighted by Gasteiger charge is -2.10. The van der Waals surface area contributed by atoms with E-state index in [-0.39, 0.29) is 11.2 Å². The standard InChI is InChI=1S/C13H16N4O2S/c1-5-7-20-11-9-10(14-8(6-2)15-11)16(3)13(19)17(4)12(9)18/h5H,1,6-7H2,2-4H3. The van der Waals surface area contributed by atoms with Crippen LogP contribution in [0.4, 0.5) is 0 Å². The molecule has 2 aromatic rings. The van der Waals surface area contributed by atoms with Crippen molar-refractivity contribution in [3.63, 3.8) is 0 Å². The van der Waals surface area contributed by atoms with Crippen LogP contribution < -0.4 is 11.2 Å². The molecule has 6 nitrogen and oxygen atoms in total. The van der Waals surface area contributed by atoms with Gasteiger partial charge in [-0.2, -0.15) is 0 Å². The number of nitrogens with zero attached hydrogens (tertiary/aromatic N) is 4. The molecule has 2 aromatic heterocycles. The average Bonchev–Trinajstić information content (AvgIpc) is 2.47. The third kappa shape index (κ3) is 2.29. The highest BCUT2D eigenvalue weighted by Crippen LogP contribution is 2.22. The maximum atomic E-state index is 12.3. The summed E-state index contributed by atoms with van der Waals surface area (Å²) in [4.78, 5) is 33.0. The second kappa shape index (κ2) is 5.62. The van der Waals surface area contributed by atoms with Crippen molar-refractivity contribution >= 4 is 22.8 Å². The van der Waals surface area contributed by atoms with Gasteiger partial charge in [-0.05, 0) is 0 Å². The van der Waals surface area contributed by atoms with Crippen molar-refractivity contribution < 1.29 is 0 Å². The number of aryl methyl sites for hydroxylation is 2. The molecule has 2 rings (SSSR count). The molecule has 0 saturated heterocycles. The fraction of sp³-hybridized carbons (Fsp3) is 0.385. The molecule has 0 radical (unpaired) electrons. The quantitative estimate of drug-likeness (QED) is 0.475. The topological polar surface area (TPSA) is 69.8 Å². The first-order valence-corrected chi connectivity index (χ1v) is 7.20. The molecular formula is C13H16N4O2S. The fourth-order valence-corrected chi connectivity index (χ4v) is 2.64. The maximum absolute atomic E-state index is 12.3. The summed E-state index contributed by atoms with van der Waals surface area (Å²) in [7, 11) is 3.07. The molecule has 0 aromatic carbocycles. The zero-order valence-electron chi connectivity index (χ0n) is 11.7. The normalized spacial score (nSPS) is 10.9. The third-order valence-electron chi connectivity index (χ3n) is 2.97. The van der Waals surface area contributed by atoms with Gasteiger partial charge >= 0.3 is 5.69 Å². The van der Waals surface area contributed by atoms with Crippen molar-refractivity contribution in [1.29, 1.82) is 0 Å². The largest absolute Gasteiger partial charge is 0.332 e. The average molecular weight is 292 g/mol. The Labute approximate surface area is 120 Å². The number of rotatable bonds is 4. The molecule has 7 heteroatoms. The van der Waals surface area contributed by atoms with E-state index in [1.54, 1.807) is 13.1 Å². The van der Waals surface area contributed by atoms with E-state index in [9.17, 15) is 9.59 Å². The van der Waals surface area contributed by atoms with E-state index in [4.69, 9.17) is 0 Å². The first-order chi connectivity index (χ1) is 9.51. The Morgan fingerprint density at radius 2 is 1.95 bits per heavy atom. The molecule has 0 bridgehead atoms. The smallest absolute Gasteiger partial charge is 0.280 e. The lowest BCUT2D eigenvalue weighted by Crippen LogP contribution is -2.37. The molecule has 2 heterocycles. The Kier molecular flexibility index (Phi) is 4.08. The van der Waals surface area contributed by atoms with E-state index in [1.165, 1.54) is 23.4 Å². The minimum absolute atomic E-state index is 0.364. The van der Waals surface area contributed by atoms with Crippen LogP contribution in [0.2, 0.25) is 0 Å². The highest BCUT2D eigenvalue weighted by molar-refractivity contribution is 7.99.